The summed E-state index contributed by atoms with van der Waals surface area (Å²) in [5, 5.41) is 2.88. The van der Waals surface area contributed by atoms with E-state index in [1.807, 2.05) is 12.1 Å². The first-order chi connectivity index (χ1) is 9.10. The van der Waals surface area contributed by atoms with Crippen LogP contribution in [0.4, 0.5) is 5.95 Å². The minimum Gasteiger partial charge on any atom is -0.438 e. The molecule has 19 heavy (non-hydrogen) atoms. The maximum atomic E-state index is 5.75. The normalized spacial score (nSPS) is 10.6. The zero-order valence-electron chi connectivity index (χ0n) is 11.1. The number of ether oxygens (including phenoxy) is 1. The van der Waals surface area contributed by atoms with Crippen LogP contribution >= 0.6 is 15.9 Å². The number of hydrogen-bond acceptors (Lipinski definition) is 4. The second kappa shape index (κ2) is 6.02. The van der Waals surface area contributed by atoms with Crippen molar-refractivity contribution < 1.29 is 4.74 Å². The Bertz CT molecular complexity index is 555. The number of nitrogens with zero attached hydrogens (tertiary/aromatic N) is 2. The molecule has 0 amide bonds. The molecule has 0 bridgehead atoms. The van der Waals surface area contributed by atoms with Crippen LogP contribution in [-0.2, 0) is 0 Å². The highest BCUT2D eigenvalue weighted by atomic mass is 79.9. The van der Waals surface area contributed by atoms with Gasteiger partial charge in [0.15, 0.2) is 0 Å². The Morgan fingerprint density at radius 1 is 1.21 bits per heavy atom. The minimum absolute atomic E-state index is 0.497. The van der Waals surface area contributed by atoms with E-state index in [1.54, 1.807) is 13.2 Å². The molecular formula is C14H16BrN3O. The fourth-order valence-corrected chi connectivity index (χ4v) is 1.85. The predicted molar refractivity (Wildman–Crippen MR) is 79.9 cm³/mol. The summed E-state index contributed by atoms with van der Waals surface area (Å²) in [6, 6.07) is 8.02. The van der Waals surface area contributed by atoms with E-state index in [1.165, 1.54) is 5.56 Å². The van der Waals surface area contributed by atoms with Crippen LogP contribution in [-0.4, -0.2) is 17.0 Å². The molecule has 1 aromatic heterocycles. The number of hydrogen-bond donors (Lipinski definition) is 1. The summed E-state index contributed by atoms with van der Waals surface area (Å²) in [5.74, 6) is 2.29. The van der Waals surface area contributed by atoms with Gasteiger partial charge in [0, 0.05) is 7.05 Å². The molecule has 1 N–H and O–H groups in total. The molecule has 0 fully saturated rings. The van der Waals surface area contributed by atoms with E-state index in [-0.39, 0.29) is 0 Å². The Hall–Kier alpha value is -1.62. The molecular weight excluding hydrogens is 306 g/mol. The van der Waals surface area contributed by atoms with Crippen LogP contribution in [0.1, 0.15) is 25.3 Å². The highest BCUT2D eigenvalue weighted by Crippen LogP contribution is 2.28. The summed E-state index contributed by atoms with van der Waals surface area (Å²) in [7, 11) is 1.77. The first-order valence-corrected chi connectivity index (χ1v) is 6.87. The summed E-state index contributed by atoms with van der Waals surface area (Å²) < 4.78 is 6.47. The van der Waals surface area contributed by atoms with Crippen molar-refractivity contribution >= 4 is 21.9 Å². The summed E-state index contributed by atoms with van der Waals surface area (Å²) in [4.78, 5) is 8.34. The molecule has 2 rings (SSSR count). The predicted octanol–water partition coefficient (Wildman–Crippen LogP) is 4.20. The second-order valence-electron chi connectivity index (χ2n) is 4.42. The largest absolute Gasteiger partial charge is 0.438 e. The van der Waals surface area contributed by atoms with Gasteiger partial charge in [0.2, 0.25) is 11.8 Å². The lowest BCUT2D eigenvalue weighted by Crippen LogP contribution is -1.98. The average Bonchev–Trinajstić information content (AvgIpc) is 2.42. The third-order valence-electron chi connectivity index (χ3n) is 2.70. The van der Waals surface area contributed by atoms with Crippen molar-refractivity contribution in [3.05, 3.63) is 40.5 Å². The molecule has 0 saturated carbocycles. The monoisotopic (exact) mass is 321 g/mol. The van der Waals surface area contributed by atoms with Gasteiger partial charge in [0.05, 0.1) is 10.7 Å². The Balaban J connectivity index is 2.20. The van der Waals surface area contributed by atoms with Gasteiger partial charge in [0.25, 0.3) is 0 Å². The third-order valence-corrected chi connectivity index (χ3v) is 3.24. The van der Waals surface area contributed by atoms with Crippen molar-refractivity contribution in [1.82, 2.24) is 9.97 Å². The number of halogens is 1. The lowest BCUT2D eigenvalue weighted by atomic mass is 10.0. The molecule has 0 aliphatic rings. The molecule has 0 unspecified atom stereocenters. The number of aromatic nitrogens is 2. The third kappa shape index (κ3) is 3.44. The molecule has 0 atom stereocenters. The van der Waals surface area contributed by atoms with Gasteiger partial charge in [-0.2, -0.15) is 4.98 Å². The van der Waals surface area contributed by atoms with Crippen LogP contribution in [0.2, 0.25) is 0 Å². The first-order valence-electron chi connectivity index (χ1n) is 6.08. The Morgan fingerprint density at radius 3 is 2.47 bits per heavy atom. The lowest BCUT2D eigenvalue weighted by molar-refractivity contribution is 0.458. The van der Waals surface area contributed by atoms with Crippen molar-refractivity contribution in [2.45, 2.75) is 19.8 Å². The Labute approximate surface area is 121 Å². The van der Waals surface area contributed by atoms with E-state index in [0.717, 1.165) is 10.2 Å². The Morgan fingerprint density at radius 2 is 1.89 bits per heavy atom. The van der Waals surface area contributed by atoms with E-state index in [2.05, 4.69) is 57.2 Å². The summed E-state index contributed by atoms with van der Waals surface area (Å²) >= 11 is 3.38. The molecule has 100 valence electrons. The van der Waals surface area contributed by atoms with Gasteiger partial charge in [-0.25, -0.2) is 4.98 Å². The fourth-order valence-electron chi connectivity index (χ4n) is 1.58. The number of nitrogens with one attached hydrogen (secondary N) is 1. The molecule has 4 nitrogen and oxygen atoms in total. The molecule has 1 aromatic carbocycles. The fraction of sp³-hybridized carbons (Fsp3) is 0.286. The van der Waals surface area contributed by atoms with Crippen molar-refractivity contribution in [1.29, 1.82) is 0 Å². The maximum absolute atomic E-state index is 5.75. The van der Waals surface area contributed by atoms with E-state index < -0.39 is 0 Å². The van der Waals surface area contributed by atoms with Gasteiger partial charge in [0.1, 0.15) is 5.75 Å². The average molecular weight is 322 g/mol. The van der Waals surface area contributed by atoms with Crippen molar-refractivity contribution in [2.24, 2.45) is 0 Å². The molecule has 0 aliphatic carbocycles. The van der Waals surface area contributed by atoms with Crippen molar-refractivity contribution in [2.75, 3.05) is 12.4 Å². The highest BCUT2D eigenvalue weighted by Gasteiger charge is 2.07. The summed E-state index contributed by atoms with van der Waals surface area (Å²) in [5.41, 5.74) is 1.28. The number of anilines is 1. The lowest BCUT2D eigenvalue weighted by Gasteiger charge is -2.09. The minimum atomic E-state index is 0.497. The van der Waals surface area contributed by atoms with Gasteiger partial charge in [-0.05, 0) is 39.5 Å². The molecule has 5 heteroatoms. The van der Waals surface area contributed by atoms with E-state index in [4.69, 9.17) is 4.74 Å². The van der Waals surface area contributed by atoms with Crippen LogP contribution < -0.4 is 10.1 Å². The van der Waals surface area contributed by atoms with Crippen LogP contribution in [0.3, 0.4) is 0 Å². The van der Waals surface area contributed by atoms with Gasteiger partial charge < -0.3 is 10.1 Å². The van der Waals surface area contributed by atoms with Gasteiger partial charge >= 0.3 is 0 Å². The van der Waals surface area contributed by atoms with E-state index >= 15 is 0 Å². The highest BCUT2D eigenvalue weighted by molar-refractivity contribution is 9.10. The van der Waals surface area contributed by atoms with Gasteiger partial charge in [-0.3, -0.25) is 0 Å². The molecule has 0 spiro atoms. The van der Waals surface area contributed by atoms with Gasteiger partial charge in [-0.1, -0.05) is 26.0 Å². The quantitative estimate of drug-likeness (QED) is 0.916. The molecule has 1 heterocycles. The van der Waals surface area contributed by atoms with Gasteiger partial charge in [-0.15, -0.1) is 0 Å². The number of rotatable bonds is 4. The summed E-state index contributed by atoms with van der Waals surface area (Å²) in [6.45, 7) is 4.33. The van der Waals surface area contributed by atoms with Crippen molar-refractivity contribution in [3.8, 4) is 11.6 Å². The molecule has 0 saturated heterocycles. The van der Waals surface area contributed by atoms with E-state index in [9.17, 15) is 0 Å². The van der Waals surface area contributed by atoms with E-state index in [0.29, 0.717) is 17.7 Å². The van der Waals surface area contributed by atoms with Crippen LogP contribution in [0, 0.1) is 0 Å². The van der Waals surface area contributed by atoms with Crippen LogP contribution in [0.25, 0.3) is 0 Å². The van der Waals surface area contributed by atoms with Crippen LogP contribution in [0.15, 0.2) is 34.9 Å². The molecule has 2 aromatic rings. The Kier molecular flexibility index (Phi) is 4.37. The zero-order valence-corrected chi connectivity index (χ0v) is 12.7. The smallest absolute Gasteiger partial charge is 0.238 e. The topological polar surface area (TPSA) is 47.0 Å². The summed E-state index contributed by atoms with van der Waals surface area (Å²) in [6.07, 6.45) is 1.66. The SMILES string of the molecule is CNc1ncc(Br)c(Oc2ccc(C(C)C)cc2)n1. The van der Waals surface area contributed by atoms with Crippen LogP contribution in [0.5, 0.6) is 11.6 Å². The van der Waals surface area contributed by atoms with Crippen molar-refractivity contribution in [3.63, 3.8) is 0 Å². The molecule has 0 aliphatic heterocycles. The standard InChI is InChI=1S/C14H16BrN3O/c1-9(2)10-4-6-11(7-5-10)19-13-12(15)8-17-14(16-3)18-13/h4-9H,1-3H3,(H,16,17,18). The zero-order chi connectivity index (χ0) is 13.8. The second-order valence-corrected chi connectivity index (χ2v) is 5.28. The first kappa shape index (κ1) is 13.8. The molecule has 0 radical (unpaired) electrons. The number of benzene rings is 1. The maximum Gasteiger partial charge on any atom is 0.238 e.